The first-order valence-corrected chi connectivity index (χ1v) is 11.5. The minimum absolute atomic E-state index is 0.0158. The van der Waals surface area contributed by atoms with Crippen molar-refractivity contribution in [2.75, 3.05) is 25.5 Å². The molecule has 0 spiro atoms. The topological polar surface area (TPSA) is 105 Å². The van der Waals surface area contributed by atoms with E-state index in [1.165, 1.54) is 12.1 Å². The van der Waals surface area contributed by atoms with Gasteiger partial charge in [-0.05, 0) is 66.0 Å². The maximum atomic E-state index is 14.6. The van der Waals surface area contributed by atoms with Gasteiger partial charge in [-0.1, -0.05) is 35.3 Å². The molecule has 12 heteroatoms. The Morgan fingerprint density at radius 1 is 1.11 bits per heavy atom. The molecule has 0 aliphatic heterocycles. The van der Waals surface area contributed by atoms with E-state index in [1.807, 2.05) is 0 Å². The van der Waals surface area contributed by atoms with Gasteiger partial charge in [0.1, 0.15) is 24.1 Å². The maximum absolute atomic E-state index is 14.6. The molecular weight excluding hydrogens is 510 g/mol. The van der Waals surface area contributed by atoms with E-state index in [2.05, 4.69) is 25.9 Å². The van der Waals surface area contributed by atoms with Crippen molar-refractivity contribution in [3.8, 4) is 17.2 Å². The monoisotopic (exact) mass is 530 g/mol. The Morgan fingerprint density at radius 3 is 2.58 bits per heavy atom. The molecule has 0 saturated heterocycles. The first-order chi connectivity index (χ1) is 17.4. The molecule has 36 heavy (non-hydrogen) atoms. The number of amides is 1. The van der Waals surface area contributed by atoms with Gasteiger partial charge in [0.05, 0.1) is 11.6 Å². The summed E-state index contributed by atoms with van der Waals surface area (Å²) in [6.45, 7) is 0.0671. The van der Waals surface area contributed by atoms with Crippen LogP contribution in [0, 0.1) is 5.82 Å². The molecule has 186 valence electrons. The van der Waals surface area contributed by atoms with E-state index in [0.717, 1.165) is 0 Å². The number of aromatic amines is 1. The van der Waals surface area contributed by atoms with Crippen LogP contribution in [0.15, 0.2) is 66.7 Å². The number of benzene rings is 3. The Hall–Kier alpha value is -3.73. The lowest BCUT2D eigenvalue weighted by molar-refractivity contribution is -0.117. The number of anilines is 1. The Morgan fingerprint density at radius 2 is 1.89 bits per heavy atom. The van der Waals surface area contributed by atoms with Gasteiger partial charge in [-0.25, -0.2) is 9.49 Å². The van der Waals surface area contributed by atoms with Gasteiger partial charge >= 0.3 is 0 Å². The summed E-state index contributed by atoms with van der Waals surface area (Å²) in [5.41, 5.74) is 0.277. The summed E-state index contributed by atoms with van der Waals surface area (Å²) in [7, 11) is 1.71. The van der Waals surface area contributed by atoms with Crippen LogP contribution in [0.4, 0.5) is 10.1 Å². The zero-order valence-electron chi connectivity index (χ0n) is 19.0. The van der Waals surface area contributed by atoms with Gasteiger partial charge in [0.2, 0.25) is 5.91 Å². The third-order valence-electron chi connectivity index (χ3n) is 5.09. The van der Waals surface area contributed by atoms with Gasteiger partial charge in [-0.15, -0.1) is 5.10 Å². The van der Waals surface area contributed by atoms with Crippen molar-refractivity contribution in [3.63, 3.8) is 0 Å². The van der Waals surface area contributed by atoms with Gasteiger partial charge in [-0.2, -0.15) is 0 Å². The summed E-state index contributed by atoms with van der Waals surface area (Å²) < 4.78 is 25.9. The van der Waals surface area contributed by atoms with Gasteiger partial charge in [0, 0.05) is 16.8 Å². The third-order valence-corrected chi connectivity index (χ3v) is 5.66. The van der Waals surface area contributed by atoms with Crippen LogP contribution in [0.2, 0.25) is 10.0 Å². The van der Waals surface area contributed by atoms with E-state index in [0.29, 0.717) is 27.4 Å². The Balaban J connectivity index is 1.38. The predicted molar refractivity (Wildman–Crippen MR) is 133 cm³/mol. The number of ether oxygens (including phenoxy) is 2. The molecule has 1 aromatic heterocycles. The Bertz CT molecular complexity index is 1310. The van der Waals surface area contributed by atoms with Crippen LogP contribution in [-0.2, 0) is 4.79 Å². The highest BCUT2D eigenvalue weighted by atomic mass is 35.5. The number of para-hydroxylation sites is 1. The molecule has 4 aromatic rings. The number of halogens is 3. The molecule has 1 amide bonds. The van der Waals surface area contributed by atoms with Crippen LogP contribution in [0.3, 0.4) is 0 Å². The highest BCUT2D eigenvalue weighted by Gasteiger charge is 2.24. The number of nitrogens with zero attached hydrogens (tertiary/aromatic N) is 4. The summed E-state index contributed by atoms with van der Waals surface area (Å²) in [5.74, 6) is 0.344. The number of hydrogen-bond donors (Lipinski definition) is 2. The molecule has 9 nitrogen and oxygen atoms in total. The lowest BCUT2D eigenvalue weighted by atomic mass is 10.2. The maximum Gasteiger partial charge on any atom is 0.238 e. The number of tetrazole rings is 1. The fourth-order valence-corrected chi connectivity index (χ4v) is 3.60. The molecule has 1 atom stereocenters. The molecule has 3 aromatic carbocycles. The van der Waals surface area contributed by atoms with Crippen LogP contribution in [0.25, 0.3) is 0 Å². The van der Waals surface area contributed by atoms with E-state index >= 15 is 0 Å². The Kier molecular flexibility index (Phi) is 8.32. The van der Waals surface area contributed by atoms with Crippen molar-refractivity contribution >= 4 is 34.8 Å². The van der Waals surface area contributed by atoms with Crippen LogP contribution in [-0.4, -0.2) is 51.6 Å². The summed E-state index contributed by atoms with van der Waals surface area (Å²) >= 11 is 12.0. The third kappa shape index (κ3) is 6.69. The minimum Gasteiger partial charge on any atom is -0.490 e. The highest BCUT2D eigenvalue weighted by Crippen LogP contribution is 2.28. The number of hydrogen-bond acceptors (Lipinski definition) is 7. The van der Waals surface area contributed by atoms with Gasteiger partial charge in [-0.3, -0.25) is 9.69 Å². The molecule has 0 bridgehead atoms. The fourth-order valence-electron chi connectivity index (χ4n) is 3.28. The molecular formula is C24H21Cl2FN6O3. The largest absolute Gasteiger partial charge is 0.490 e. The molecule has 1 unspecified atom stereocenters. The van der Waals surface area contributed by atoms with E-state index in [1.54, 1.807) is 66.5 Å². The second kappa shape index (κ2) is 11.8. The number of carbonyl (C=O) groups is 1. The average molecular weight is 531 g/mol. The number of carbonyl (C=O) groups excluding carboxylic acids is 1. The zero-order valence-corrected chi connectivity index (χ0v) is 20.5. The summed E-state index contributed by atoms with van der Waals surface area (Å²) in [6.07, 6.45) is 0. The van der Waals surface area contributed by atoms with E-state index in [9.17, 15) is 9.18 Å². The van der Waals surface area contributed by atoms with Gasteiger partial charge < -0.3 is 14.8 Å². The van der Waals surface area contributed by atoms with E-state index < -0.39 is 11.9 Å². The summed E-state index contributed by atoms with van der Waals surface area (Å²) in [4.78, 5) is 14.4. The van der Waals surface area contributed by atoms with Crippen molar-refractivity contribution in [2.45, 2.75) is 6.04 Å². The summed E-state index contributed by atoms with van der Waals surface area (Å²) in [6, 6.07) is 17.3. The van der Waals surface area contributed by atoms with Crippen LogP contribution in [0.5, 0.6) is 17.2 Å². The average Bonchev–Trinajstić information content (AvgIpc) is 3.38. The lowest BCUT2D eigenvalue weighted by Crippen LogP contribution is -2.36. The van der Waals surface area contributed by atoms with Crippen LogP contribution >= 0.6 is 23.2 Å². The molecule has 0 radical (unpaired) electrons. The molecule has 2 N–H and O–H groups in total. The quantitative estimate of drug-likeness (QED) is 0.292. The second-order valence-electron chi connectivity index (χ2n) is 7.71. The van der Waals surface area contributed by atoms with E-state index in [4.69, 9.17) is 32.7 Å². The van der Waals surface area contributed by atoms with Crippen LogP contribution < -0.4 is 14.8 Å². The second-order valence-corrected chi connectivity index (χ2v) is 8.55. The standard InChI is InChI=1S/C24H21Cl2FN6O3/c1-33(20(24-29-31-32-30-24)14-35-21-5-3-2-4-18(21)26)13-23(34)28-16-8-11-22(19(27)12-16)36-17-9-6-15(25)7-10-17/h2-12,20H,13-14H2,1H3,(H,28,34)(H,29,30,31,32). The van der Waals surface area contributed by atoms with Crippen molar-refractivity contribution in [3.05, 3.63) is 88.4 Å². The van der Waals surface area contributed by atoms with Crippen molar-refractivity contribution in [2.24, 2.45) is 0 Å². The SMILES string of the molecule is CN(CC(=O)Nc1ccc(Oc2ccc(Cl)cc2)c(F)c1)C(COc1ccccc1Cl)c1nnn[nH]1. The molecule has 4 rings (SSSR count). The number of likely N-dealkylation sites (N-methyl/N-ethyl adjacent to an activating group) is 1. The van der Waals surface area contributed by atoms with E-state index in [-0.39, 0.29) is 30.5 Å². The summed E-state index contributed by atoms with van der Waals surface area (Å²) in [5, 5.41) is 17.5. The highest BCUT2D eigenvalue weighted by molar-refractivity contribution is 6.32. The number of nitrogens with one attached hydrogen (secondary N) is 2. The van der Waals surface area contributed by atoms with Crippen molar-refractivity contribution < 1.29 is 18.7 Å². The molecule has 0 fully saturated rings. The number of rotatable bonds is 10. The number of H-pyrrole nitrogens is 1. The first-order valence-electron chi connectivity index (χ1n) is 10.7. The predicted octanol–water partition coefficient (Wildman–Crippen LogP) is 5.13. The fraction of sp³-hybridized carbons (Fsp3) is 0.167. The zero-order chi connectivity index (χ0) is 25.5. The molecule has 0 aliphatic rings. The van der Waals surface area contributed by atoms with Crippen molar-refractivity contribution in [1.29, 1.82) is 0 Å². The Labute approximate surface area is 216 Å². The molecule has 0 saturated carbocycles. The number of aromatic nitrogens is 4. The molecule has 1 heterocycles. The molecule has 0 aliphatic carbocycles. The minimum atomic E-state index is -0.630. The first kappa shape index (κ1) is 25.4. The smallest absolute Gasteiger partial charge is 0.238 e. The van der Waals surface area contributed by atoms with Crippen LogP contribution in [0.1, 0.15) is 11.9 Å². The normalized spacial score (nSPS) is 11.8. The van der Waals surface area contributed by atoms with Crippen molar-refractivity contribution in [1.82, 2.24) is 25.5 Å². The van der Waals surface area contributed by atoms with Gasteiger partial charge in [0.25, 0.3) is 0 Å². The van der Waals surface area contributed by atoms with Gasteiger partial charge in [0.15, 0.2) is 17.4 Å². The lowest BCUT2D eigenvalue weighted by Gasteiger charge is -2.25.